The number of imidazole rings is 1. The SMILES string of the molecule is C[C@@H]1OCC2(CCN(c3nc(N)c(-c4cccc(Cl)c4Cl)c4nccn34)CC2)[C@@H]1N. The van der Waals surface area contributed by atoms with Crippen molar-refractivity contribution < 1.29 is 4.74 Å². The molecule has 0 unspecified atom stereocenters. The van der Waals surface area contributed by atoms with E-state index >= 15 is 0 Å². The van der Waals surface area contributed by atoms with Gasteiger partial charge >= 0.3 is 0 Å². The molecule has 3 aromatic rings. The maximum absolute atomic E-state index is 6.46. The molecule has 0 amide bonds. The minimum atomic E-state index is 0.0454. The van der Waals surface area contributed by atoms with Crippen molar-refractivity contribution >= 4 is 40.6 Å². The van der Waals surface area contributed by atoms with Crippen LogP contribution < -0.4 is 16.4 Å². The van der Waals surface area contributed by atoms with E-state index in [1.807, 2.05) is 22.7 Å². The maximum atomic E-state index is 6.46. The van der Waals surface area contributed by atoms with Crippen LogP contribution in [0.5, 0.6) is 0 Å². The monoisotopic (exact) mass is 446 g/mol. The molecule has 2 aliphatic heterocycles. The Labute approximate surface area is 184 Å². The lowest BCUT2D eigenvalue weighted by atomic mass is 9.73. The lowest BCUT2D eigenvalue weighted by molar-refractivity contribution is 0.0973. The van der Waals surface area contributed by atoms with Crippen LogP contribution >= 0.6 is 23.2 Å². The number of benzene rings is 1. The van der Waals surface area contributed by atoms with Gasteiger partial charge in [0.25, 0.3) is 0 Å². The summed E-state index contributed by atoms with van der Waals surface area (Å²) in [6.45, 7) is 4.45. The average molecular weight is 447 g/mol. The van der Waals surface area contributed by atoms with Gasteiger partial charge in [0.05, 0.1) is 28.3 Å². The van der Waals surface area contributed by atoms with E-state index in [0.29, 0.717) is 27.1 Å². The highest BCUT2D eigenvalue weighted by molar-refractivity contribution is 6.44. The normalized spacial score (nSPS) is 23.5. The Morgan fingerprint density at radius 2 is 2.00 bits per heavy atom. The molecule has 5 rings (SSSR count). The number of hydrogen-bond acceptors (Lipinski definition) is 6. The van der Waals surface area contributed by atoms with Crippen LogP contribution in [-0.4, -0.2) is 46.2 Å². The first-order valence-electron chi connectivity index (χ1n) is 10.1. The Hall–Kier alpha value is -2.06. The molecule has 30 heavy (non-hydrogen) atoms. The van der Waals surface area contributed by atoms with Crippen LogP contribution in [0.3, 0.4) is 0 Å². The molecule has 1 aromatic carbocycles. The van der Waals surface area contributed by atoms with Gasteiger partial charge in [0.15, 0.2) is 5.65 Å². The van der Waals surface area contributed by atoms with E-state index in [1.165, 1.54) is 0 Å². The Balaban J connectivity index is 1.52. The molecule has 1 spiro atoms. The van der Waals surface area contributed by atoms with Crippen LogP contribution in [0.2, 0.25) is 10.0 Å². The Morgan fingerprint density at radius 1 is 1.23 bits per heavy atom. The average Bonchev–Trinajstić information content (AvgIpc) is 3.32. The summed E-state index contributed by atoms with van der Waals surface area (Å²) in [6.07, 6.45) is 5.66. The number of ether oxygens (including phenoxy) is 1. The molecule has 158 valence electrons. The van der Waals surface area contributed by atoms with Gasteiger partial charge in [0.1, 0.15) is 5.82 Å². The van der Waals surface area contributed by atoms with Gasteiger partial charge in [-0.25, -0.2) is 4.98 Å². The first-order chi connectivity index (χ1) is 14.4. The summed E-state index contributed by atoms with van der Waals surface area (Å²) in [5.74, 6) is 1.15. The van der Waals surface area contributed by atoms with Crippen molar-refractivity contribution in [1.29, 1.82) is 0 Å². The van der Waals surface area contributed by atoms with Crippen molar-refractivity contribution in [2.75, 3.05) is 30.3 Å². The third-order valence-corrected chi connectivity index (χ3v) is 7.48. The molecule has 4 N–H and O–H groups in total. The molecule has 9 heteroatoms. The molecule has 0 saturated carbocycles. The lowest BCUT2D eigenvalue weighted by Gasteiger charge is -2.41. The van der Waals surface area contributed by atoms with E-state index in [-0.39, 0.29) is 17.6 Å². The molecule has 2 atom stereocenters. The van der Waals surface area contributed by atoms with E-state index < -0.39 is 0 Å². The van der Waals surface area contributed by atoms with Crippen LogP contribution in [-0.2, 0) is 4.74 Å². The maximum Gasteiger partial charge on any atom is 0.213 e. The van der Waals surface area contributed by atoms with Crippen molar-refractivity contribution in [3.8, 4) is 11.1 Å². The summed E-state index contributed by atoms with van der Waals surface area (Å²) >= 11 is 12.7. The Bertz CT molecular complexity index is 1110. The van der Waals surface area contributed by atoms with Gasteiger partial charge < -0.3 is 21.1 Å². The summed E-state index contributed by atoms with van der Waals surface area (Å²) < 4.78 is 7.81. The molecule has 0 radical (unpaired) electrons. The summed E-state index contributed by atoms with van der Waals surface area (Å²) in [5.41, 5.74) is 15.0. The lowest BCUT2D eigenvalue weighted by Crippen LogP contribution is -2.51. The van der Waals surface area contributed by atoms with Crippen molar-refractivity contribution in [2.45, 2.75) is 31.9 Å². The number of rotatable bonds is 2. The predicted molar refractivity (Wildman–Crippen MR) is 120 cm³/mol. The molecule has 7 nitrogen and oxygen atoms in total. The highest BCUT2D eigenvalue weighted by atomic mass is 35.5. The fraction of sp³-hybridized carbons (Fsp3) is 0.429. The first kappa shape index (κ1) is 19.9. The zero-order valence-electron chi connectivity index (χ0n) is 16.7. The number of nitrogens with two attached hydrogens (primary N) is 2. The Kier molecular flexibility index (Phi) is 4.82. The summed E-state index contributed by atoms with van der Waals surface area (Å²) in [4.78, 5) is 11.6. The van der Waals surface area contributed by atoms with Gasteiger partial charge in [-0.2, -0.15) is 4.98 Å². The number of hydrogen-bond donors (Lipinski definition) is 2. The summed E-state index contributed by atoms with van der Waals surface area (Å²) in [7, 11) is 0. The van der Waals surface area contributed by atoms with Gasteiger partial charge in [0.2, 0.25) is 5.95 Å². The number of nitrogen functional groups attached to an aromatic ring is 1. The second-order valence-corrected chi connectivity index (χ2v) is 9.07. The standard InChI is InChI=1S/C21H24Cl2N6O/c1-12-17(24)21(11-30-12)5-8-28(9-6-21)20-27-18(25)15(19-26-7-10-29(19)20)13-3-2-4-14(22)16(13)23/h2-4,7,10,12,17H,5-6,8-9,11,24-25H2,1H3/t12-,17+/m0/s1. The largest absolute Gasteiger partial charge is 0.383 e. The van der Waals surface area contributed by atoms with Crippen molar-refractivity contribution in [1.82, 2.24) is 14.4 Å². The number of anilines is 2. The van der Waals surface area contributed by atoms with Crippen LogP contribution in [0, 0.1) is 5.41 Å². The molecule has 2 aliphatic rings. The topological polar surface area (TPSA) is 94.7 Å². The third-order valence-electron chi connectivity index (χ3n) is 6.67. The van der Waals surface area contributed by atoms with Crippen molar-refractivity contribution in [3.63, 3.8) is 0 Å². The molecular weight excluding hydrogens is 423 g/mol. The van der Waals surface area contributed by atoms with E-state index in [4.69, 9.17) is 44.4 Å². The van der Waals surface area contributed by atoms with Crippen molar-refractivity contribution in [3.05, 3.63) is 40.6 Å². The summed E-state index contributed by atoms with van der Waals surface area (Å²) in [5, 5.41) is 0.905. The fourth-order valence-corrected chi connectivity index (χ4v) is 5.18. The molecule has 2 aromatic heterocycles. The van der Waals surface area contributed by atoms with Gasteiger partial charge in [-0.15, -0.1) is 0 Å². The van der Waals surface area contributed by atoms with E-state index in [9.17, 15) is 0 Å². The molecule has 4 heterocycles. The molecule has 2 saturated heterocycles. The number of fused-ring (bicyclic) bond motifs is 1. The van der Waals surface area contributed by atoms with Crippen molar-refractivity contribution in [2.24, 2.45) is 11.1 Å². The van der Waals surface area contributed by atoms with Gasteiger partial charge in [-0.1, -0.05) is 35.3 Å². The second-order valence-electron chi connectivity index (χ2n) is 8.29. The number of aromatic nitrogens is 3. The van der Waals surface area contributed by atoms with Crippen LogP contribution in [0.1, 0.15) is 19.8 Å². The molecule has 2 fully saturated rings. The van der Waals surface area contributed by atoms with Gasteiger partial charge in [0, 0.05) is 42.5 Å². The van der Waals surface area contributed by atoms with Crippen LogP contribution in [0.25, 0.3) is 16.8 Å². The highest BCUT2D eigenvalue weighted by Crippen LogP contribution is 2.43. The Morgan fingerprint density at radius 3 is 2.70 bits per heavy atom. The quantitative estimate of drug-likeness (QED) is 0.623. The zero-order valence-corrected chi connectivity index (χ0v) is 18.2. The van der Waals surface area contributed by atoms with Crippen LogP contribution in [0.4, 0.5) is 11.8 Å². The van der Waals surface area contributed by atoms with Gasteiger partial charge in [-0.3, -0.25) is 4.40 Å². The second kappa shape index (κ2) is 7.27. The van der Waals surface area contributed by atoms with E-state index in [0.717, 1.165) is 44.0 Å². The minimum absolute atomic E-state index is 0.0454. The molecule has 0 aliphatic carbocycles. The molecular formula is C21H24Cl2N6O. The van der Waals surface area contributed by atoms with Gasteiger partial charge in [-0.05, 0) is 25.8 Å². The first-order valence-corrected chi connectivity index (χ1v) is 10.9. The summed E-state index contributed by atoms with van der Waals surface area (Å²) in [6, 6.07) is 5.53. The number of nitrogens with zero attached hydrogens (tertiary/aromatic N) is 4. The van der Waals surface area contributed by atoms with E-state index in [1.54, 1.807) is 12.3 Å². The molecule has 0 bridgehead atoms. The number of piperidine rings is 1. The number of halogens is 2. The predicted octanol–water partition coefficient (Wildman–Crippen LogP) is 3.62. The highest BCUT2D eigenvalue weighted by Gasteiger charge is 2.47. The fourth-order valence-electron chi connectivity index (χ4n) is 4.79. The third kappa shape index (κ3) is 2.95. The zero-order chi connectivity index (χ0) is 21.0. The minimum Gasteiger partial charge on any atom is -0.383 e. The van der Waals surface area contributed by atoms with E-state index in [2.05, 4.69) is 16.8 Å². The van der Waals surface area contributed by atoms with Crippen LogP contribution in [0.15, 0.2) is 30.6 Å². The smallest absolute Gasteiger partial charge is 0.213 e.